The lowest BCUT2D eigenvalue weighted by atomic mass is 9.95. The van der Waals surface area contributed by atoms with Gasteiger partial charge in [-0.05, 0) is 38.5 Å². The monoisotopic (exact) mass is 244 g/mol. The van der Waals surface area contributed by atoms with E-state index >= 15 is 0 Å². The van der Waals surface area contributed by atoms with Crippen molar-refractivity contribution < 1.29 is 10.2 Å². The van der Waals surface area contributed by atoms with Crippen LogP contribution in [0, 0.1) is 6.92 Å². The summed E-state index contributed by atoms with van der Waals surface area (Å²) >= 11 is 3.32. The topological polar surface area (TPSA) is 40.5 Å². The Labute approximate surface area is 86.3 Å². The SMILES string of the molecule is Cc1cc(Br)cc(C(C)(C)O)c1O. The first kappa shape index (κ1) is 10.5. The van der Waals surface area contributed by atoms with E-state index in [1.54, 1.807) is 26.8 Å². The van der Waals surface area contributed by atoms with Gasteiger partial charge in [-0.15, -0.1) is 0 Å². The second-order valence-corrected chi connectivity index (χ2v) is 4.59. The highest BCUT2D eigenvalue weighted by atomic mass is 79.9. The maximum absolute atomic E-state index is 9.74. The molecular weight excluding hydrogens is 232 g/mol. The lowest BCUT2D eigenvalue weighted by Gasteiger charge is -2.20. The summed E-state index contributed by atoms with van der Waals surface area (Å²) in [6.07, 6.45) is 0. The van der Waals surface area contributed by atoms with Crippen molar-refractivity contribution in [2.75, 3.05) is 0 Å². The number of aryl methyl sites for hydroxylation is 1. The number of phenols is 1. The number of aliphatic hydroxyl groups is 1. The highest BCUT2D eigenvalue weighted by Gasteiger charge is 2.21. The van der Waals surface area contributed by atoms with Crippen molar-refractivity contribution >= 4 is 15.9 Å². The van der Waals surface area contributed by atoms with Crippen LogP contribution < -0.4 is 0 Å². The molecule has 0 aliphatic carbocycles. The molecule has 0 heterocycles. The molecular formula is C10H13BrO2. The smallest absolute Gasteiger partial charge is 0.124 e. The van der Waals surface area contributed by atoms with Gasteiger partial charge < -0.3 is 10.2 Å². The van der Waals surface area contributed by atoms with Crippen LogP contribution in [0.1, 0.15) is 25.0 Å². The van der Waals surface area contributed by atoms with Crippen LogP contribution in [0.5, 0.6) is 5.75 Å². The largest absolute Gasteiger partial charge is 0.507 e. The van der Waals surface area contributed by atoms with Crippen molar-refractivity contribution in [1.29, 1.82) is 0 Å². The van der Waals surface area contributed by atoms with E-state index in [0.717, 1.165) is 10.0 Å². The van der Waals surface area contributed by atoms with Crippen molar-refractivity contribution in [3.8, 4) is 5.75 Å². The van der Waals surface area contributed by atoms with Crippen molar-refractivity contribution in [2.45, 2.75) is 26.4 Å². The summed E-state index contributed by atoms with van der Waals surface area (Å²) < 4.78 is 0.861. The molecule has 0 saturated heterocycles. The van der Waals surface area contributed by atoms with Gasteiger partial charge in [-0.1, -0.05) is 15.9 Å². The average Bonchev–Trinajstić information content (AvgIpc) is 1.94. The third-order valence-electron chi connectivity index (χ3n) is 1.92. The van der Waals surface area contributed by atoms with Gasteiger partial charge in [0, 0.05) is 10.0 Å². The van der Waals surface area contributed by atoms with Crippen molar-refractivity contribution in [2.24, 2.45) is 0 Å². The van der Waals surface area contributed by atoms with Crippen LogP contribution in [0.25, 0.3) is 0 Å². The third-order valence-corrected chi connectivity index (χ3v) is 2.38. The normalized spacial score (nSPS) is 11.8. The van der Waals surface area contributed by atoms with Crippen molar-refractivity contribution in [1.82, 2.24) is 0 Å². The molecule has 1 aromatic rings. The Bertz CT molecular complexity index is 326. The molecule has 0 aliphatic rings. The average molecular weight is 245 g/mol. The van der Waals surface area contributed by atoms with Crippen LogP contribution in [0.15, 0.2) is 16.6 Å². The molecule has 72 valence electrons. The summed E-state index contributed by atoms with van der Waals surface area (Å²) in [7, 11) is 0. The molecule has 1 aromatic carbocycles. The minimum atomic E-state index is -1.02. The first-order valence-electron chi connectivity index (χ1n) is 4.04. The van der Waals surface area contributed by atoms with E-state index in [9.17, 15) is 10.2 Å². The Morgan fingerprint density at radius 3 is 2.31 bits per heavy atom. The van der Waals surface area contributed by atoms with Gasteiger partial charge in [0.2, 0.25) is 0 Å². The zero-order valence-electron chi connectivity index (χ0n) is 7.93. The number of benzene rings is 1. The number of hydrogen-bond acceptors (Lipinski definition) is 2. The predicted octanol–water partition coefficient (Wildman–Crippen LogP) is 2.69. The zero-order valence-corrected chi connectivity index (χ0v) is 9.51. The molecule has 0 radical (unpaired) electrons. The molecule has 2 nitrogen and oxygen atoms in total. The Kier molecular flexibility index (Phi) is 2.68. The Hall–Kier alpha value is -0.540. The van der Waals surface area contributed by atoms with Crippen LogP contribution in [0.3, 0.4) is 0 Å². The fourth-order valence-corrected chi connectivity index (χ4v) is 1.77. The van der Waals surface area contributed by atoms with Crippen LogP contribution in [-0.2, 0) is 5.60 Å². The molecule has 0 fully saturated rings. The number of hydrogen-bond donors (Lipinski definition) is 2. The zero-order chi connectivity index (χ0) is 10.2. The molecule has 0 amide bonds. The van der Waals surface area contributed by atoms with Crippen LogP contribution >= 0.6 is 15.9 Å². The molecule has 0 atom stereocenters. The second kappa shape index (κ2) is 3.31. The highest BCUT2D eigenvalue weighted by molar-refractivity contribution is 9.10. The van der Waals surface area contributed by atoms with Crippen LogP contribution in [0.4, 0.5) is 0 Å². The van der Waals surface area contributed by atoms with Gasteiger partial charge in [-0.25, -0.2) is 0 Å². The molecule has 0 unspecified atom stereocenters. The first-order chi connectivity index (χ1) is 5.82. The lowest BCUT2D eigenvalue weighted by Crippen LogP contribution is -2.16. The van der Waals surface area contributed by atoms with E-state index in [2.05, 4.69) is 15.9 Å². The van der Waals surface area contributed by atoms with E-state index in [4.69, 9.17) is 0 Å². The van der Waals surface area contributed by atoms with Gasteiger partial charge in [0.15, 0.2) is 0 Å². The molecule has 0 bridgehead atoms. The van der Waals surface area contributed by atoms with E-state index in [-0.39, 0.29) is 5.75 Å². The number of phenolic OH excluding ortho intramolecular Hbond substituents is 1. The maximum atomic E-state index is 9.74. The van der Waals surface area contributed by atoms with Crippen molar-refractivity contribution in [3.05, 3.63) is 27.7 Å². The molecule has 2 N–H and O–H groups in total. The lowest BCUT2D eigenvalue weighted by molar-refractivity contribution is 0.0756. The Balaban J connectivity index is 3.37. The summed E-state index contributed by atoms with van der Waals surface area (Å²) in [5, 5.41) is 19.4. The van der Waals surface area contributed by atoms with Crippen LogP contribution in [-0.4, -0.2) is 10.2 Å². The summed E-state index contributed by atoms with van der Waals surface area (Å²) in [5.41, 5.74) is 0.282. The molecule has 13 heavy (non-hydrogen) atoms. The molecule has 0 saturated carbocycles. The molecule has 3 heteroatoms. The Morgan fingerprint density at radius 1 is 1.31 bits per heavy atom. The van der Waals surface area contributed by atoms with Gasteiger partial charge in [-0.2, -0.15) is 0 Å². The highest BCUT2D eigenvalue weighted by Crippen LogP contribution is 2.34. The number of rotatable bonds is 1. The number of aromatic hydroxyl groups is 1. The van der Waals surface area contributed by atoms with E-state index in [0.29, 0.717) is 5.56 Å². The number of halogens is 1. The van der Waals surface area contributed by atoms with E-state index < -0.39 is 5.60 Å². The minimum absolute atomic E-state index is 0.163. The van der Waals surface area contributed by atoms with Gasteiger partial charge in [-0.3, -0.25) is 0 Å². The Morgan fingerprint density at radius 2 is 1.85 bits per heavy atom. The standard InChI is InChI=1S/C10H13BrO2/c1-6-4-7(11)5-8(9(6)12)10(2,3)13/h4-5,12-13H,1-3H3. The van der Waals surface area contributed by atoms with Gasteiger partial charge in [0.25, 0.3) is 0 Å². The molecule has 0 spiro atoms. The predicted molar refractivity (Wildman–Crippen MR) is 55.8 cm³/mol. The molecule has 0 aliphatic heterocycles. The second-order valence-electron chi connectivity index (χ2n) is 3.68. The minimum Gasteiger partial charge on any atom is -0.507 e. The maximum Gasteiger partial charge on any atom is 0.124 e. The van der Waals surface area contributed by atoms with Crippen LogP contribution in [0.2, 0.25) is 0 Å². The van der Waals surface area contributed by atoms with Gasteiger partial charge in [0.05, 0.1) is 5.60 Å². The van der Waals surface area contributed by atoms with E-state index in [1.165, 1.54) is 0 Å². The summed E-state index contributed by atoms with van der Waals surface area (Å²) in [4.78, 5) is 0. The summed E-state index contributed by atoms with van der Waals surface area (Å²) in [6.45, 7) is 5.09. The fraction of sp³-hybridized carbons (Fsp3) is 0.400. The summed E-state index contributed by atoms with van der Waals surface area (Å²) in [6, 6.07) is 3.53. The first-order valence-corrected chi connectivity index (χ1v) is 4.83. The van der Waals surface area contributed by atoms with Gasteiger partial charge in [0.1, 0.15) is 5.75 Å². The third kappa shape index (κ3) is 2.23. The fourth-order valence-electron chi connectivity index (χ4n) is 1.20. The van der Waals surface area contributed by atoms with Gasteiger partial charge >= 0.3 is 0 Å². The quantitative estimate of drug-likeness (QED) is 0.798. The molecule has 1 rings (SSSR count). The molecule has 0 aromatic heterocycles. The van der Waals surface area contributed by atoms with Crippen molar-refractivity contribution in [3.63, 3.8) is 0 Å². The van der Waals surface area contributed by atoms with E-state index in [1.807, 2.05) is 6.07 Å². The summed E-state index contributed by atoms with van der Waals surface area (Å²) in [5.74, 6) is 0.163.